The zero-order valence-electron chi connectivity index (χ0n) is 11.9. The number of halogens is 1. The Hall–Kier alpha value is -2.89. The van der Waals surface area contributed by atoms with Crippen LogP contribution in [-0.2, 0) is 9.53 Å². The molecule has 2 aromatic carbocycles. The first-order valence-corrected chi connectivity index (χ1v) is 6.59. The van der Waals surface area contributed by atoms with E-state index in [9.17, 15) is 14.0 Å². The molecular weight excluding hydrogens is 287 g/mol. The summed E-state index contributed by atoms with van der Waals surface area (Å²) in [5, 5.41) is 5.38. The Labute approximate surface area is 127 Å². The number of amides is 1. The Morgan fingerprint density at radius 3 is 2.45 bits per heavy atom. The van der Waals surface area contributed by atoms with Crippen LogP contribution in [0.25, 0.3) is 0 Å². The maximum absolute atomic E-state index is 12.7. The molecule has 0 saturated heterocycles. The van der Waals surface area contributed by atoms with Crippen LogP contribution in [0.5, 0.6) is 0 Å². The van der Waals surface area contributed by atoms with E-state index in [1.54, 1.807) is 31.3 Å². The lowest BCUT2D eigenvalue weighted by Gasteiger charge is -2.09. The Bertz CT molecular complexity index is 671. The average molecular weight is 302 g/mol. The Morgan fingerprint density at radius 2 is 1.77 bits per heavy atom. The summed E-state index contributed by atoms with van der Waals surface area (Å²) >= 11 is 0. The maximum atomic E-state index is 12.7. The largest absolute Gasteiger partial charge is 0.452 e. The second-order valence-electron chi connectivity index (χ2n) is 4.43. The third kappa shape index (κ3) is 4.05. The highest BCUT2D eigenvalue weighted by Gasteiger charge is 2.13. The highest BCUT2D eigenvalue weighted by molar-refractivity contribution is 5.98. The molecule has 0 radical (unpaired) electrons. The molecule has 0 aromatic heterocycles. The number of rotatable bonds is 5. The molecule has 0 aliphatic heterocycles. The molecule has 0 atom stereocenters. The van der Waals surface area contributed by atoms with Gasteiger partial charge in [-0.2, -0.15) is 0 Å². The molecule has 1 amide bonds. The number of benzene rings is 2. The topological polar surface area (TPSA) is 67.4 Å². The van der Waals surface area contributed by atoms with E-state index in [1.807, 2.05) is 0 Å². The first-order chi connectivity index (χ1) is 10.6. The van der Waals surface area contributed by atoms with Crippen molar-refractivity contribution in [1.82, 2.24) is 0 Å². The number of hydrogen-bond acceptors (Lipinski definition) is 4. The van der Waals surface area contributed by atoms with Gasteiger partial charge in [-0.25, -0.2) is 9.18 Å². The third-order valence-electron chi connectivity index (χ3n) is 2.88. The van der Waals surface area contributed by atoms with E-state index in [1.165, 1.54) is 24.3 Å². The van der Waals surface area contributed by atoms with Crippen molar-refractivity contribution in [3.8, 4) is 0 Å². The van der Waals surface area contributed by atoms with Gasteiger partial charge < -0.3 is 15.4 Å². The number of nitrogens with one attached hydrogen (secondary N) is 2. The smallest absolute Gasteiger partial charge is 0.340 e. The summed E-state index contributed by atoms with van der Waals surface area (Å²) in [5.74, 6) is -1.49. The standard InChI is InChI=1S/C16H15FN2O3/c1-18-14-5-3-2-4-13(14)16(21)22-10-15(20)19-12-8-6-11(17)7-9-12/h2-9,18H,10H2,1H3,(H,19,20). The van der Waals surface area contributed by atoms with Crippen LogP contribution in [0.15, 0.2) is 48.5 Å². The summed E-state index contributed by atoms with van der Waals surface area (Å²) in [6.07, 6.45) is 0. The lowest BCUT2D eigenvalue weighted by atomic mass is 10.2. The van der Waals surface area contributed by atoms with E-state index in [0.29, 0.717) is 16.9 Å². The van der Waals surface area contributed by atoms with E-state index in [2.05, 4.69) is 10.6 Å². The number of para-hydroxylation sites is 1. The fourth-order valence-electron chi connectivity index (χ4n) is 1.82. The molecule has 0 aliphatic rings. The van der Waals surface area contributed by atoms with E-state index in [-0.39, 0.29) is 0 Å². The predicted molar refractivity (Wildman–Crippen MR) is 81.3 cm³/mol. The molecule has 22 heavy (non-hydrogen) atoms. The van der Waals surface area contributed by atoms with Crippen LogP contribution in [-0.4, -0.2) is 25.5 Å². The molecule has 0 unspecified atom stereocenters. The van der Waals surface area contributed by atoms with Crippen LogP contribution in [0.1, 0.15) is 10.4 Å². The second kappa shape index (κ2) is 7.21. The van der Waals surface area contributed by atoms with Crippen LogP contribution in [0.3, 0.4) is 0 Å². The normalized spacial score (nSPS) is 9.91. The molecular formula is C16H15FN2O3. The number of esters is 1. The number of ether oxygens (including phenoxy) is 1. The first kappa shape index (κ1) is 15.5. The van der Waals surface area contributed by atoms with E-state index >= 15 is 0 Å². The quantitative estimate of drug-likeness (QED) is 0.833. The molecule has 2 N–H and O–H groups in total. The summed E-state index contributed by atoms with van der Waals surface area (Å²) in [6, 6.07) is 12.1. The van der Waals surface area contributed by atoms with Crippen LogP contribution >= 0.6 is 0 Å². The Morgan fingerprint density at radius 1 is 1.09 bits per heavy atom. The second-order valence-corrected chi connectivity index (χ2v) is 4.43. The van der Waals surface area contributed by atoms with Gasteiger partial charge in [0.15, 0.2) is 6.61 Å². The van der Waals surface area contributed by atoms with Gasteiger partial charge in [0.25, 0.3) is 5.91 Å². The fourth-order valence-corrected chi connectivity index (χ4v) is 1.82. The molecule has 6 heteroatoms. The summed E-state index contributed by atoms with van der Waals surface area (Å²) in [7, 11) is 1.69. The molecule has 114 valence electrons. The highest BCUT2D eigenvalue weighted by Crippen LogP contribution is 2.15. The SMILES string of the molecule is CNc1ccccc1C(=O)OCC(=O)Nc1ccc(F)cc1. The van der Waals surface area contributed by atoms with Crippen LogP contribution in [0.4, 0.5) is 15.8 Å². The van der Waals surface area contributed by atoms with Gasteiger partial charge >= 0.3 is 5.97 Å². The van der Waals surface area contributed by atoms with Crippen molar-refractivity contribution in [3.63, 3.8) is 0 Å². The highest BCUT2D eigenvalue weighted by atomic mass is 19.1. The van der Waals surface area contributed by atoms with Gasteiger partial charge in [0.1, 0.15) is 5.82 Å². The molecule has 5 nitrogen and oxygen atoms in total. The van der Waals surface area contributed by atoms with Crippen molar-refractivity contribution >= 4 is 23.3 Å². The van der Waals surface area contributed by atoms with Crippen molar-refractivity contribution in [2.24, 2.45) is 0 Å². The van der Waals surface area contributed by atoms with E-state index in [0.717, 1.165) is 0 Å². The number of carbonyl (C=O) groups is 2. The molecule has 0 saturated carbocycles. The van der Waals surface area contributed by atoms with Gasteiger partial charge in [0, 0.05) is 18.4 Å². The average Bonchev–Trinajstić information content (AvgIpc) is 2.54. The van der Waals surface area contributed by atoms with Crippen molar-refractivity contribution in [2.75, 3.05) is 24.3 Å². The van der Waals surface area contributed by atoms with Gasteiger partial charge in [-0.15, -0.1) is 0 Å². The predicted octanol–water partition coefficient (Wildman–Crippen LogP) is 2.66. The summed E-state index contributed by atoms with van der Waals surface area (Å²) in [6.45, 7) is -0.422. The zero-order valence-corrected chi connectivity index (χ0v) is 11.9. The molecule has 0 aliphatic carbocycles. The van der Waals surface area contributed by atoms with Crippen LogP contribution in [0.2, 0.25) is 0 Å². The van der Waals surface area contributed by atoms with Crippen molar-refractivity contribution < 1.29 is 18.7 Å². The lowest BCUT2D eigenvalue weighted by Crippen LogP contribution is -2.21. The summed E-state index contributed by atoms with van der Waals surface area (Å²) in [4.78, 5) is 23.6. The molecule has 0 spiro atoms. The van der Waals surface area contributed by atoms with Gasteiger partial charge in [-0.3, -0.25) is 4.79 Å². The molecule has 2 rings (SSSR count). The molecule has 2 aromatic rings. The minimum Gasteiger partial charge on any atom is -0.452 e. The van der Waals surface area contributed by atoms with Gasteiger partial charge in [0.2, 0.25) is 0 Å². The summed E-state index contributed by atoms with van der Waals surface area (Å²) in [5.41, 5.74) is 1.39. The minimum atomic E-state index is -0.598. The van der Waals surface area contributed by atoms with Gasteiger partial charge in [-0.1, -0.05) is 12.1 Å². The van der Waals surface area contributed by atoms with Crippen molar-refractivity contribution in [2.45, 2.75) is 0 Å². The first-order valence-electron chi connectivity index (χ1n) is 6.59. The fraction of sp³-hybridized carbons (Fsp3) is 0.125. The number of hydrogen-bond donors (Lipinski definition) is 2. The van der Waals surface area contributed by atoms with Crippen LogP contribution in [0, 0.1) is 5.82 Å². The van der Waals surface area contributed by atoms with E-state index in [4.69, 9.17) is 4.74 Å². The third-order valence-corrected chi connectivity index (χ3v) is 2.88. The number of carbonyl (C=O) groups excluding carboxylic acids is 2. The van der Waals surface area contributed by atoms with Gasteiger partial charge in [0.05, 0.1) is 5.56 Å². The summed E-state index contributed by atoms with van der Waals surface area (Å²) < 4.78 is 17.7. The lowest BCUT2D eigenvalue weighted by molar-refractivity contribution is -0.119. The van der Waals surface area contributed by atoms with E-state index < -0.39 is 24.3 Å². The molecule has 0 heterocycles. The Balaban J connectivity index is 1.90. The molecule has 0 bridgehead atoms. The number of anilines is 2. The van der Waals surface area contributed by atoms with Crippen molar-refractivity contribution in [3.05, 3.63) is 59.9 Å². The van der Waals surface area contributed by atoms with Crippen molar-refractivity contribution in [1.29, 1.82) is 0 Å². The van der Waals surface area contributed by atoms with Crippen LogP contribution < -0.4 is 10.6 Å². The Kier molecular flexibility index (Phi) is 5.08. The zero-order chi connectivity index (χ0) is 15.9. The maximum Gasteiger partial charge on any atom is 0.340 e. The monoisotopic (exact) mass is 302 g/mol. The molecule has 0 fully saturated rings. The van der Waals surface area contributed by atoms with Gasteiger partial charge in [-0.05, 0) is 36.4 Å². The minimum absolute atomic E-state index is 0.347.